The fourth-order valence-corrected chi connectivity index (χ4v) is 1.67. The molecule has 16 heavy (non-hydrogen) atoms. The van der Waals surface area contributed by atoms with Crippen LogP contribution < -0.4 is 11.3 Å². The van der Waals surface area contributed by atoms with Crippen LogP contribution in [-0.2, 0) is 13.5 Å². The van der Waals surface area contributed by atoms with Crippen LogP contribution in [0.2, 0.25) is 0 Å². The predicted molar refractivity (Wildman–Crippen MR) is 65.8 cm³/mol. The molecule has 0 aliphatic heterocycles. The lowest BCUT2D eigenvalue weighted by Gasteiger charge is -2.18. The summed E-state index contributed by atoms with van der Waals surface area (Å²) in [5, 5.41) is 0. The molecule has 0 saturated heterocycles. The van der Waals surface area contributed by atoms with Crippen LogP contribution in [0, 0.1) is 0 Å². The van der Waals surface area contributed by atoms with Crippen LogP contribution in [0.25, 0.3) is 0 Å². The number of nitrogens with one attached hydrogen (secondary N) is 1. The summed E-state index contributed by atoms with van der Waals surface area (Å²) in [6.07, 6.45) is 6.86. The van der Waals surface area contributed by atoms with Crippen LogP contribution in [0.1, 0.15) is 18.7 Å². The number of aromatic nitrogens is 2. The highest BCUT2D eigenvalue weighted by atomic mass is 15.2. The van der Waals surface area contributed by atoms with Crippen molar-refractivity contribution in [2.45, 2.75) is 25.3 Å². The summed E-state index contributed by atoms with van der Waals surface area (Å²) in [7, 11) is 6.17. The Hall–Kier alpha value is -0.910. The van der Waals surface area contributed by atoms with Gasteiger partial charge in [0.15, 0.2) is 0 Å². The van der Waals surface area contributed by atoms with Crippen molar-refractivity contribution in [1.29, 1.82) is 0 Å². The van der Waals surface area contributed by atoms with E-state index in [0.717, 1.165) is 31.6 Å². The standard InChI is InChI=1S/C11H23N5/c1-15(2)8-6-10(14-12)4-5-11-13-7-9-16(11)3/h7,9-10,14H,4-6,8,12H2,1-3H3. The molecule has 1 aromatic heterocycles. The number of aryl methyl sites for hydroxylation is 2. The van der Waals surface area contributed by atoms with Gasteiger partial charge in [0.2, 0.25) is 0 Å². The lowest BCUT2D eigenvalue weighted by atomic mass is 10.1. The molecule has 0 fully saturated rings. The normalized spacial score (nSPS) is 13.3. The predicted octanol–water partition coefficient (Wildman–Crippen LogP) is 0.136. The quantitative estimate of drug-likeness (QED) is 0.512. The van der Waals surface area contributed by atoms with Crippen LogP contribution >= 0.6 is 0 Å². The second-order valence-corrected chi connectivity index (χ2v) is 4.45. The summed E-state index contributed by atoms with van der Waals surface area (Å²) in [4.78, 5) is 6.47. The molecule has 5 heteroatoms. The molecular formula is C11H23N5. The number of hydrazine groups is 1. The Bertz CT molecular complexity index is 294. The fourth-order valence-electron chi connectivity index (χ4n) is 1.67. The molecule has 1 heterocycles. The molecule has 1 aromatic rings. The van der Waals surface area contributed by atoms with Gasteiger partial charge in [-0.25, -0.2) is 4.98 Å². The molecule has 0 radical (unpaired) electrons. The highest BCUT2D eigenvalue weighted by Gasteiger charge is 2.08. The third-order valence-electron chi connectivity index (χ3n) is 2.80. The summed E-state index contributed by atoms with van der Waals surface area (Å²) in [5.41, 5.74) is 2.88. The van der Waals surface area contributed by atoms with E-state index in [-0.39, 0.29) is 0 Å². The summed E-state index contributed by atoms with van der Waals surface area (Å²) in [6, 6.07) is 0.360. The summed E-state index contributed by atoms with van der Waals surface area (Å²) >= 11 is 0. The fraction of sp³-hybridized carbons (Fsp3) is 0.727. The average molecular weight is 225 g/mol. The molecule has 0 aliphatic rings. The lowest BCUT2D eigenvalue weighted by molar-refractivity contribution is 0.349. The largest absolute Gasteiger partial charge is 0.338 e. The Morgan fingerprint density at radius 1 is 1.50 bits per heavy atom. The molecular weight excluding hydrogens is 202 g/mol. The summed E-state index contributed by atoms with van der Waals surface area (Å²) in [6.45, 7) is 1.05. The Labute approximate surface area is 97.6 Å². The molecule has 0 amide bonds. The molecule has 0 bridgehead atoms. The van der Waals surface area contributed by atoms with Crippen molar-refractivity contribution >= 4 is 0 Å². The van der Waals surface area contributed by atoms with Crippen LogP contribution in [0.3, 0.4) is 0 Å². The number of nitrogens with two attached hydrogens (primary N) is 1. The first-order valence-electron chi connectivity index (χ1n) is 5.70. The molecule has 1 rings (SSSR count). The Morgan fingerprint density at radius 3 is 2.75 bits per heavy atom. The topological polar surface area (TPSA) is 59.1 Å². The zero-order chi connectivity index (χ0) is 12.0. The van der Waals surface area contributed by atoms with Gasteiger partial charge in [-0.15, -0.1) is 0 Å². The zero-order valence-electron chi connectivity index (χ0n) is 10.5. The van der Waals surface area contributed by atoms with E-state index in [9.17, 15) is 0 Å². The van der Waals surface area contributed by atoms with E-state index in [0.29, 0.717) is 6.04 Å². The lowest BCUT2D eigenvalue weighted by Crippen LogP contribution is -2.37. The highest BCUT2D eigenvalue weighted by molar-refractivity contribution is 4.91. The van der Waals surface area contributed by atoms with E-state index in [4.69, 9.17) is 5.84 Å². The van der Waals surface area contributed by atoms with Gasteiger partial charge in [0, 0.05) is 31.9 Å². The van der Waals surface area contributed by atoms with Gasteiger partial charge in [-0.1, -0.05) is 0 Å². The van der Waals surface area contributed by atoms with Gasteiger partial charge in [0.25, 0.3) is 0 Å². The van der Waals surface area contributed by atoms with Crippen molar-refractivity contribution in [3.05, 3.63) is 18.2 Å². The van der Waals surface area contributed by atoms with E-state index >= 15 is 0 Å². The van der Waals surface area contributed by atoms with Crippen molar-refractivity contribution in [3.8, 4) is 0 Å². The SMILES string of the molecule is CN(C)CCC(CCc1nccn1C)NN. The van der Waals surface area contributed by atoms with E-state index in [1.807, 2.05) is 19.4 Å². The van der Waals surface area contributed by atoms with Crippen LogP contribution in [0.5, 0.6) is 0 Å². The van der Waals surface area contributed by atoms with Gasteiger partial charge in [-0.05, 0) is 33.5 Å². The number of imidazole rings is 1. The molecule has 0 saturated carbocycles. The molecule has 1 unspecified atom stereocenters. The third-order valence-corrected chi connectivity index (χ3v) is 2.80. The van der Waals surface area contributed by atoms with E-state index in [2.05, 4.69) is 34.0 Å². The Kier molecular flexibility index (Phi) is 5.45. The zero-order valence-corrected chi connectivity index (χ0v) is 10.5. The van der Waals surface area contributed by atoms with Crippen molar-refractivity contribution in [2.24, 2.45) is 12.9 Å². The number of nitrogens with zero attached hydrogens (tertiary/aromatic N) is 3. The van der Waals surface area contributed by atoms with Gasteiger partial charge >= 0.3 is 0 Å². The van der Waals surface area contributed by atoms with Crippen LogP contribution in [-0.4, -0.2) is 41.1 Å². The first-order valence-corrected chi connectivity index (χ1v) is 5.70. The first-order chi connectivity index (χ1) is 7.63. The molecule has 1 atom stereocenters. The molecule has 5 nitrogen and oxygen atoms in total. The van der Waals surface area contributed by atoms with E-state index < -0.39 is 0 Å². The number of hydrogen-bond acceptors (Lipinski definition) is 4. The molecule has 0 aromatic carbocycles. The van der Waals surface area contributed by atoms with Crippen molar-refractivity contribution in [2.75, 3.05) is 20.6 Å². The second kappa shape index (κ2) is 6.62. The molecule has 0 spiro atoms. The van der Waals surface area contributed by atoms with Gasteiger partial charge in [-0.3, -0.25) is 11.3 Å². The second-order valence-electron chi connectivity index (χ2n) is 4.45. The minimum atomic E-state index is 0.360. The maximum atomic E-state index is 5.54. The number of rotatable bonds is 7. The summed E-state index contributed by atoms with van der Waals surface area (Å²) < 4.78 is 2.06. The van der Waals surface area contributed by atoms with Crippen molar-refractivity contribution in [1.82, 2.24) is 19.9 Å². The highest BCUT2D eigenvalue weighted by Crippen LogP contribution is 2.05. The van der Waals surface area contributed by atoms with Crippen LogP contribution in [0.4, 0.5) is 0 Å². The van der Waals surface area contributed by atoms with Gasteiger partial charge in [-0.2, -0.15) is 0 Å². The number of hydrogen-bond donors (Lipinski definition) is 2. The van der Waals surface area contributed by atoms with Gasteiger partial charge in [0.05, 0.1) is 0 Å². The smallest absolute Gasteiger partial charge is 0.108 e. The third kappa shape index (κ3) is 4.30. The Balaban J connectivity index is 2.31. The van der Waals surface area contributed by atoms with E-state index in [1.54, 1.807) is 0 Å². The van der Waals surface area contributed by atoms with Crippen LogP contribution in [0.15, 0.2) is 12.4 Å². The minimum absolute atomic E-state index is 0.360. The van der Waals surface area contributed by atoms with E-state index in [1.165, 1.54) is 0 Å². The molecule has 3 N–H and O–H groups in total. The van der Waals surface area contributed by atoms with Crippen molar-refractivity contribution in [3.63, 3.8) is 0 Å². The molecule has 92 valence electrons. The monoisotopic (exact) mass is 225 g/mol. The Morgan fingerprint density at radius 2 is 2.25 bits per heavy atom. The first kappa shape index (κ1) is 13.2. The minimum Gasteiger partial charge on any atom is -0.338 e. The summed E-state index contributed by atoms with van der Waals surface area (Å²) in [5.74, 6) is 6.66. The average Bonchev–Trinajstić information content (AvgIpc) is 2.64. The van der Waals surface area contributed by atoms with Gasteiger partial charge in [0.1, 0.15) is 5.82 Å². The molecule has 0 aliphatic carbocycles. The van der Waals surface area contributed by atoms with Crippen molar-refractivity contribution < 1.29 is 0 Å². The van der Waals surface area contributed by atoms with Gasteiger partial charge < -0.3 is 9.47 Å². The maximum absolute atomic E-state index is 5.54. The maximum Gasteiger partial charge on any atom is 0.108 e.